The van der Waals surface area contributed by atoms with Gasteiger partial charge in [0.25, 0.3) is 0 Å². The second-order valence-electron chi connectivity index (χ2n) is 4.40. The Morgan fingerprint density at radius 1 is 1.32 bits per heavy atom. The average molecular weight is 299 g/mol. The van der Waals surface area contributed by atoms with Crippen LogP contribution in [0.15, 0.2) is 55.4 Å². The van der Waals surface area contributed by atoms with Crippen molar-refractivity contribution in [2.45, 2.75) is 6.61 Å². The predicted molar refractivity (Wildman–Crippen MR) is 82.0 cm³/mol. The number of rotatable bonds is 7. The normalized spacial score (nSPS) is 9.86. The fourth-order valence-electron chi connectivity index (χ4n) is 1.78. The lowest BCUT2D eigenvalue weighted by atomic mass is 10.2. The van der Waals surface area contributed by atoms with Crippen molar-refractivity contribution in [2.75, 3.05) is 13.7 Å². The molecule has 0 fully saturated rings. The highest BCUT2D eigenvalue weighted by Gasteiger charge is 2.12. The molecule has 0 aliphatic heterocycles. The van der Waals surface area contributed by atoms with E-state index in [1.165, 1.54) is 7.11 Å². The van der Waals surface area contributed by atoms with Crippen molar-refractivity contribution >= 4 is 5.97 Å². The van der Waals surface area contributed by atoms with Gasteiger partial charge in [-0.15, -0.1) is 0 Å². The van der Waals surface area contributed by atoms with Gasteiger partial charge in [0.05, 0.1) is 12.7 Å². The number of methoxy groups -OCH3 is 1. The van der Waals surface area contributed by atoms with Gasteiger partial charge in [0.2, 0.25) is 0 Å². The maximum atomic E-state index is 12.1. The lowest BCUT2D eigenvalue weighted by molar-refractivity contribution is 0.0472. The second kappa shape index (κ2) is 7.83. The van der Waals surface area contributed by atoms with E-state index in [1.807, 2.05) is 6.07 Å². The Hall–Kier alpha value is -2.82. The highest BCUT2D eigenvalue weighted by molar-refractivity contribution is 5.90. The van der Waals surface area contributed by atoms with Crippen LogP contribution in [0.4, 0.5) is 0 Å². The number of ether oxygens (including phenoxy) is 3. The molecule has 0 aliphatic rings. The molecule has 0 aliphatic carbocycles. The molecule has 0 bridgehead atoms. The molecular weight excluding hydrogens is 282 g/mol. The Labute approximate surface area is 129 Å². The van der Waals surface area contributed by atoms with Gasteiger partial charge in [0.1, 0.15) is 13.2 Å². The Morgan fingerprint density at radius 3 is 2.86 bits per heavy atom. The molecule has 1 aromatic carbocycles. The van der Waals surface area contributed by atoms with Gasteiger partial charge in [-0.05, 0) is 24.3 Å². The standard InChI is InChI=1S/C17H17NO4/c1-3-9-21-15-7-6-14(10-16(15)20-2)17(19)22-12-13-5-4-8-18-11-13/h3-8,10-11H,1,9,12H2,2H3. The number of aromatic nitrogens is 1. The van der Waals surface area contributed by atoms with Crippen LogP contribution in [-0.4, -0.2) is 24.7 Å². The highest BCUT2D eigenvalue weighted by Crippen LogP contribution is 2.28. The molecule has 2 aromatic rings. The van der Waals surface area contributed by atoms with E-state index in [4.69, 9.17) is 14.2 Å². The molecule has 0 saturated heterocycles. The number of carbonyl (C=O) groups excluding carboxylic acids is 1. The van der Waals surface area contributed by atoms with Gasteiger partial charge in [-0.1, -0.05) is 18.7 Å². The van der Waals surface area contributed by atoms with Crippen LogP contribution in [0.25, 0.3) is 0 Å². The van der Waals surface area contributed by atoms with Gasteiger partial charge in [-0.25, -0.2) is 4.79 Å². The van der Waals surface area contributed by atoms with Gasteiger partial charge >= 0.3 is 5.97 Å². The van der Waals surface area contributed by atoms with Crippen molar-refractivity contribution in [2.24, 2.45) is 0 Å². The van der Waals surface area contributed by atoms with Crippen molar-refractivity contribution in [1.29, 1.82) is 0 Å². The van der Waals surface area contributed by atoms with Crippen molar-refractivity contribution in [1.82, 2.24) is 4.98 Å². The summed E-state index contributed by atoms with van der Waals surface area (Å²) in [6.45, 7) is 4.12. The lowest BCUT2D eigenvalue weighted by Crippen LogP contribution is -2.06. The fourth-order valence-corrected chi connectivity index (χ4v) is 1.78. The smallest absolute Gasteiger partial charge is 0.338 e. The fraction of sp³-hybridized carbons (Fsp3) is 0.176. The third kappa shape index (κ3) is 4.09. The van der Waals surface area contributed by atoms with Gasteiger partial charge in [0, 0.05) is 18.0 Å². The molecule has 114 valence electrons. The SMILES string of the molecule is C=CCOc1ccc(C(=O)OCc2cccnc2)cc1OC. The second-order valence-corrected chi connectivity index (χ2v) is 4.40. The molecule has 1 heterocycles. The average Bonchev–Trinajstić information content (AvgIpc) is 2.58. The Kier molecular flexibility index (Phi) is 5.54. The van der Waals surface area contributed by atoms with E-state index in [9.17, 15) is 4.79 Å². The van der Waals surface area contributed by atoms with Crippen LogP contribution >= 0.6 is 0 Å². The molecule has 0 radical (unpaired) electrons. The van der Waals surface area contributed by atoms with E-state index in [-0.39, 0.29) is 6.61 Å². The summed E-state index contributed by atoms with van der Waals surface area (Å²) < 4.78 is 15.9. The highest BCUT2D eigenvalue weighted by atomic mass is 16.5. The van der Waals surface area contributed by atoms with E-state index in [1.54, 1.807) is 42.7 Å². The van der Waals surface area contributed by atoms with Crippen LogP contribution in [0.1, 0.15) is 15.9 Å². The summed E-state index contributed by atoms with van der Waals surface area (Å²) in [5.41, 5.74) is 1.22. The molecule has 0 atom stereocenters. The monoisotopic (exact) mass is 299 g/mol. The van der Waals surface area contributed by atoms with Crippen LogP contribution in [0, 0.1) is 0 Å². The van der Waals surface area contributed by atoms with Crippen LogP contribution in [-0.2, 0) is 11.3 Å². The molecule has 22 heavy (non-hydrogen) atoms. The first-order chi connectivity index (χ1) is 10.7. The number of carbonyl (C=O) groups is 1. The largest absolute Gasteiger partial charge is 0.493 e. The van der Waals surface area contributed by atoms with E-state index in [2.05, 4.69) is 11.6 Å². The number of benzene rings is 1. The van der Waals surface area contributed by atoms with Crippen LogP contribution in [0.2, 0.25) is 0 Å². The minimum atomic E-state index is -0.433. The molecule has 2 rings (SSSR count). The third-order valence-electron chi connectivity index (χ3n) is 2.85. The molecule has 0 amide bonds. The van der Waals surface area contributed by atoms with E-state index in [0.717, 1.165) is 5.56 Å². The first kappa shape index (κ1) is 15.6. The summed E-state index contributed by atoms with van der Waals surface area (Å²) in [5.74, 6) is 0.585. The summed E-state index contributed by atoms with van der Waals surface area (Å²) in [5, 5.41) is 0. The quantitative estimate of drug-likeness (QED) is 0.581. The summed E-state index contributed by atoms with van der Waals surface area (Å²) in [7, 11) is 1.51. The molecule has 0 N–H and O–H groups in total. The Morgan fingerprint density at radius 2 is 2.18 bits per heavy atom. The zero-order chi connectivity index (χ0) is 15.8. The molecule has 5 heteroatoms. The molecule has 0 spiro atoms. The molecule has 0 unspecified atom stereocenters. The third-order valence-corrected chi connectivity index (χ3v) is 2.85. The minimum Gasteiger partial charge on any atom is -0.493 e. The summed E-state index contributed by atoms with van der Waals surface area (Å²) in [6.07, 6.45) is 4.95. The first-order valence-corrected chi connectivity index (χ1v) is 6.72. The molecule has 0 saturated carbocycles. The number of nitrogens with zero attached hydrogens (tertiary/aromatic N) is 1. The van der Waals surface area contributed by atoms with Gasteiger partial charge in [-0.3, -0.25) is 4.98 Å². The summed E-state index contributed by atoms with van der Waals surface area (Å²) in [6, 6.07) is 8.52. The number of pyridine rings is 1. The summed E-state index contributed by atoms with van der Waals surface area (Å²) in [4.78, 5) is 16.0. The maximum Gasteiger partial charge on any atom is 0.338 e. The van der Waals surface area contributed by atoms with Gasteiger partial charge < -0.3 is 14.2 Å². The van der Waals surface area contributed by atoms with Crippen LogP contribution < -0.4 is 9.47 Å². The molecule has 5 nitrogen and oxygen atoms in total. The lowest BCUT2D eigenvalue weighted by Gasteiger charge is -2.11. The van der Waals surface area contributed by atoms with Crippen molar-refractivity contribution < 1.29 is 19.0 Å². The predicted octanol–water partition coefficient (Wildman–Crippen LogP) is 3.01. The zero-order valence-electron chi connectivity index (χ0n) is 12.3. The Balaban J connectivity index is 2.04. The van der Waals surface area contributed by atoms with E-state index >= 15 is 0 Å². The molecular formula is C17H17NO4. The van der Waals surface area contributed by atoms with E-state index in [0.29, 0.717) is 23.7 Å². The van der Waals surface area contributed by atoms with Crippen molar-refractivity contribution in [3.8, 4) is 11.5 Å². The van der Waals surface area contributed by atoms with Gasteiger partial charge in [0.15, 0.2) is 11.5 Å². The van der Waals surface area contributed by atoms with Crippen LogP contribution in [0.5, 0.6) is 11.5 Å². The van der Waals surface area contributed by atoms with Gasteiger partial charge in [-0.2, -0.15) is 0 Å². The van der Waals surface area contributed by atoms with Crippen LogP contribution in [0.3, 0.4) is 0 Å². The number of hydrogen-bond acceptors (Lipinski definition) is 5. The first-order valence-electron chi connectivity index (χ1n) is 6.72. The minimum absolute atomic E-state index is 0.170. The Bertz CT molecular complexity index is 640. The number of hydrogen-bond donors (Lipinski definition) is 0. The number of esters is 1. The van der Waals surface area contributed by atoms with Crippen molar-refractivity contribution in [3.05, 3.63) is 66.5 Å². The topological polar surface area (TPSA) is 57.7 Å². The molecule has 1 aromatic heterocycles. The van der Waals surface area contributed by atoms with Crippen molar-refractivity contribution in [3.63, 3.8) is 0 Å². The summed E-state index contributed by atoms with van der Waals surface area (Å²) >= 11 is 0. The maximum absolute atomic E-state index is 12.1. The van der Waals surface area contributed by atoms with E-state index < -0.39 is 5.97 Å². The zero-order valence-corrected chi connectivity index (χ0v) is 12.3.